The van der Waals surface area contributed by atoms with Gasteiger partial charge in [-0.15, -0.1) is 0 Å². The minimum atomic E-state index is -4.72. The predicted octanol–water partition coefficient (Wildman–Crippen LogP) is 0.678. The number of carboxylic acids is 1. The zero-order valence-corrected chi connectivity index (χ0v) is 9.07. The van der Waals surface area contributed by atoms with Crippen molar-refractivity contribution in [1.82, 2.24) is 4.90 Å². The Bertz CT molecular complexity index is 399. The molecule has 1 heterocycles. The van der Waals surface area contributed by atoms with E-state index in [0.717, 1.165) is 0 Å². The first kappa shape index (κ1) is 12.9. The van der Waals surface area contributed by atoms with Crippen LogP contribution in [0.25, 0.3) is 0 Å². The fraction of sp³-hybridized carbons (Fsp3) is 0.778. The maximum atomic E-state index is 13.0. The van der Waals surface area contributed by atoms with Gasteiger partial charge in [0, 0.05) is 6.54 Å². The molecule has 0 aromatic heterocycles. The van der Waals surface area contributed by atoms with Gasteiger partial charge in [0.25, 0.3) is 0 Å². The number of alkyl halides is 3. The molecule has 0 radical (unpaired) electrons. The SMILES string of the molecule is NC1(C2(C(F)(F)F)CC2)C(C(=O)O)CN1C(=O)O. The third-order valence-electron chi connectivity index (χ3n) is 3.93. The van der Waals surface area contributed by atoms with Crippen LogP contribution in [0.4, 0.5) is 18.0 Å². The lowest BCUT2D eigenvalue weighted by Crippen LogP contribution is -2.81. The van der Waals surface area contributed by atoms with Gasteiger partial charge < -0.3 is 15.9 Å². The second kappa shape index (κ2) is 3.28. The van der Waals surface area contributed by atoms with Gasteiger partial charge in [-0.25, -0.2) is 4.79 Å². The Labute approximate surface area is 99.2 Å². The molecular formula is C9H11F3N2O4. The quantitative estimate of drug-likeness (QED) is 0.683. The summed E-state index contributed by atoms with van der Waals surface area (Å²) < 4.78 is 39.0. The first-order valence-electron chi connectivity index (χ1n) is 5.17. The summed E-state index contributed by atoms with van der Waals surface area (Å²) >= 11 is 0. The number of hydrogen-bond acceptors (Lipinski definition) is 3. The number of nitrogens with two attached hydrogens (primary N) is 1. The third kappa shape index (κ3) is 1.27. The molecule has 2 aliphatic rings. The first-order valence-corrected chi connectivity index (χ1v) is 5.17. The van der Waals surface area contributed by atoms with Gasteiger partial charge >= 0.3 is 18.2 Å². The average Bonchev–Trinajstić information content (AvgIpc) is 2.92. The van der Waals surface area contributed by atoms with Crippen LogP contribution in [-0.2, 0) is 4.79 Å². The number of carboxylic acid groups (broad SMARTS) is 2. The van der Waals surface area contributed by atoms with Gasteiger partial charge in [-0.3, -0.25) is 9.69 Å². The zero-order chi connectivity index (χ0) is 13.9. The Morgan fingerprint density at radius 1 is 1.28 bits per heavy atom. The normalized spacial score (nSPS) is 33.8. The highest BCUT2D eigenvalue weighted by atomic mass is 19.4. The smallest absolute Gasteiger partial charge is 0.408 e. The molecule has 18 heavy (non-hydrogen) atoms. The maximum absolute atomic E-state index is 13.0. The van der Waals surface area contributed by atoms with Crippen molar-refractivity contribution in [1.29, 1.82) is 0 Å². The maximum Gasteiger partial charge on any atom is 0.408 e. The molecule has 1 saturated heterocycles. The van der Waals surface area contributed by atoms with Crippen molar-refractivity contribution in [3.63, 3.8) is 0 Å². The summed E-state index contributed by atoms with van der Waals surface area (Å²) in [6, 6.07) is 0. The Kier molecular flexibility index (Phi) is 2.36. The standard InChI is InChI=1S/C9H11F3N2O4/c10-9(11,12)7(1-2-7)8(13)4(5(15)16)3-14(8)6(17)18/h4H,1-3,13H2,(H,15,16)(H,17,18). The van der Waals surface area contributed by atoms with Gasteiger partial charge in [0.2, 0.25) is 0 Å². The Morgan fingerprint density at radius 3 is 2.06 bits per heavy atom. The van der Waals surface area contributed by atoms with Crippen LogP contribution in [0.1, 0.15) is 12.8 Å². The van der Waals surface area contributed by atoms with E-state index >= 15 is 0 Å². The van der Waals surface area contributed by atoms with Crippen LogP contribution in [0.2, 0.25) is 0 Å². The van der Waals surface area contributed by atoms with E-state index in [-0.39, 0.29) is 12.8 Å². The predicted molar refractivity (Wildman–Crippen MR) is 50.5 cm³/mol. The Hall–Kier alpha value is -1.51. The number of hydrogen-bond donors (Lipinski definition) is 3. The van der Waals surface area contributed by atoms with Crippen LogP contribution < -0.4 is 5.73 Å². The molecule has 1 aliphatic heterocycles. The highest BCUT2D eigenvalue weighted by Gasteiger charge is 2.81. The van der Waals surface area contributed by atoms with Gasteiger partial charge in [0.05, 0.1) is 0 Å². The number of amides is 1. The van der Waals surface area contributed by atoms with Crippen LogP contribution in [0.15, 0.2) is 0 Å². The lowest BCUT2D eigenvalue weighted by atomic mass is 9.70. The van der Waals surface area contributed by atoms with Crippen molar-refractivity contribution in [3.8, 4) is 0 Å². The van der Waals surface area contributed by atoms with E-state index in [1.807, 2.05) is 0 Å². The highest BCUT2D eigenvalue weighted by molar-refractivity contribution is 5.79. The van der Waals surface area contributed by atoms with E-state index in [2.05, 4.69) is 0 Å². The van der Waals surface area contributed by atoms with E-state index in [9.17, 15) is 22.8 Å². The molecule has 6 nitrogen and oxygen atoms in total. The monoisotopic (exact) mass is 268 g/mol. The van der Waals surface area contributed by atoms with Gasteiger partial charge in [-0.2, -0.15) is 13.2 Å². The van der Waals surface area contributed by atoms with Gasteiger partial charge in [-0.1, -0.05) is 0 Å². The number of rotatable bonds is 2. The molecule has 2 rings (SSSR count). The minimum absolute atomic E-state index is 0.347. The number of halogens is 3. The molecule has 0 aromatic carbocycles. The first-order chi connectivity index (χ1) is 8.08. The summed E-state index contributed by atoms with van der Waals surface area (Å²) in [6.07, 6.45) is -7.05. The zero-order valence-electron chi connectivity index (χ0n) is 9.07. The molecule has 102 valence electrons. The second-order valence-electron chi connectivity index (χ2n) is 4.69. The third-order valence-corrected chi connectivity index (χ3v) is 3.93. The fourth-order valence-electron chi connectivity index (χ4n) is 2.68. The Morgan fingerprint density at radius 2 is 1.78 bits per heavy atom. The number of aliphatic carboxylic acids is 1. The van der Waals surface area contributed by atoms with Crippen molar-refractivity contribution < 1.29 is 33.0 Å². The van der Waals surface area contributed by atoms with Gasteiger partial charge in [0.1, 0.15) is 17.0 Å². The van der Waals surface area contributed by atoms with E-state index in [1.165, 1.54) is 0 Å². The lowest BCUT2D eigenvalue weighted by Gasteiger charge is -2.57. The van der Waals surface area contributed by atoms with Crippen molar-refractivity contribution >= 4 is 12.1 Å². The molecule has 0 spiro atoms. The van der Waals surface area contributed by atoms with Crippen LogP contribution >= 0.6 is 0 Å². The molecule has 1 amide bonds. The number of carbonyl (C=O) groups is 2. The van der Waals surface area contributed by atoms with E-state index in [0.29, 0.717) is 4.90 Å². The lowest BCUT2D eigenvalue weighted by molar-refractivity contribution is -0.255. The summed E-state index contributed by atoms with van der Waals surface area (Å²) in [4.78, 5) is 22.1. The van der Waals surface area contributed by atoms with E-state index in [4.69, 9.17) is 15.9 Å². The second-order valence-corrected chi connectivity index (χ2v) is 4.69. The van der Waals surface area contributed by atoms with Crippen molar-refractivity contribution in [2.24, 2.45) is 17.1 Å². The topological polar surface area (TPSA) is 104 Å². The van der Waals surface area contributed by atoms with Crippen molar-refractivity contribution in [3.05, 3.63) is 0 Å². The summed E-state index contributed by atoms with van der Waals surface area (Å²) in [5.74, 6) is -3.04. The molecule has 4 N–H and O–H groups in total. The van der Waals surface area contributed by atoms with E-state index < -0.39 is 41.8 Å². The highest BCUT2D eigenvalue weighted by Crippen LogP contribution is 2.67. The Balaban J connectivity index is 2.42. The van der Waals surface area contributed by atoms with Crippen LogP contribution in [0, 0.1) is 11.3 Å². The van der Waals surface area contributed by atoms with Gasteiger partial charge in [-0.05, 0) is 12.8 Å². The van der Waals surface area contributed by atoms with Crippen LogP contribution in [0.5, 0.6) is 0 Å². The minimum Gasteiger partial charge on any atom is -0.481 e. The van der Waals surface area contributed by atoms with Crippen molar-refractivity contribution in [2.45, 2.75) is 24.7 Å². The molecule has 1 aliphatic carbocycles. The summed E-state index contributed by atoms with van der Waals surface area (Å²) in [5, 5.41) is 17.7. The molecular weight excluding hydrogens is 257 g/mol. The molecule has 2 atom stereocenters. The van der Waals surface area contributed by atoms with Crippen molar-refractivity contribution in [2.75, 3.05) is 6.54 Å². The molecule has 0 bridgehead atoms. The van der Waals surface area contributed by atoms with Crippen LogP contribution in [-0.4, -0.2) is 45.6 Å². The molecule has 2 unspecified atom stereocenters. The molecule has 0 aromatic rings. The summed E-state index contributed by atoms with van der Waals surface area (Å²) in [7, 11) is 0. The largest absolute Gasteiger partial charge is 0.481 e. The molecule has 2 fully saturated rings. The van der Waals surface area contributed by atoms with E-state index in [1.54, 1.807) is 0 Å². The number of likely N-dealkylation sites (tertiary alicyclic amines) is 1. The van der Waals surface area contributed by atoms with Crippen LogP contribution in [0.3, 0.4) is 0 Å². The molecule has 1 saturated carbocycles. The van der Waals surface area contributed by atoms with Gasteiger partial charge in [0.15, 0.2) is 0 Å². The number of nitrogens with zero attached hydrogens (tertiary/aromatic N) is 1. The summed E-state index contributed by atoms with van der Waals surface area (Å²) in [5.41, 5.74) is 0.733. The fourth-order valence-corrected chi connectivity index (χ4v) is 2.68. The molecule has 9 heteroatoms. The average molecular weight is 268 g/mol. The summed E-state index contributed by atoms with van der Waals surface area (Å²) in [6.45, 7) is -0.515.